The van der Waals surface area contributed by atoms with Gasteiger partial charge in [-0.15, -0.1) is 12.4 Å². The van der Waals surface area contributed by atoms with Crippen LogP contribution in [0, 0.1) is 0 Å². The number of halogens is 4. The average Bonchev–Trinajstić information content (AvgIpc) is 2.77. The first-order chi connectivity index (χ1) is 9.37. The molecule has 3 nitrogen and oxygen atoms in total. The maximum absolute atomic E-state index is 13.1. The number of nitrogens with zero attached hydrogens (tertiary/aromatic N) is 1. The molecule has 0 aromatic heterocycles. The third-order valence-electron chi connectivity index (χ3n) is 3.43. The largest absolute Gasteiger partial charge is 0.344 e. The van der Waals surface area contributed by atoms with Crippen LogP contribution in [0.2, 0.25) is 0 Å². The van der Waals surface area contributed by atoms with E-state index >= 15 is 0 Å². The van der Waals surface area contributed by atoms with Crippen molar-refractivity contribution in [2.24, 2.45) is 0 Å². The Balaban J connectivity index is 0.00000220. The zero-order valence-corrected chi connectivity index (χ0v) is 14.0. The molecule has 0 spiro atoms. The minimum atomic E-state index is -2.77. The Morgan fingerprint density at radius 1 is 1.43 bits per heavy atom. The van der Waals surface area contributed by atoms with Crippen molar-refractivity contribution < 1.29 is 13.6 Å². The van der Waals surface area contributed by atoms with E-state index in [1.54, 1.807) is 7.05 Å². The lowest BCUT2D eigenvalue weighted by molar-refractivity contribution is -0.132. The minimum Gasteiger partial charge on any atom is -0.344 e. The number of rotatable bonds is 4. The molecule has 1 aliphatic heterocycles. The van der Waals surface area contributed by atoms with Gasteiger partial charge in [0.15, 0.2) is 0 Å². The summed E-state index contributed by atoms with van der Waals surface area (Å²) in [6, 6.07) is 7.07. The van der Waals surface area contributed by atoms with Crippen molar-refractivity contribution >= 4 is 34.2 Å². The fourth-order valence-electron chi connectivity index (χ4n) is 2.21. The van der Waals surface area contributed by atoms with Crippen LogP contribution >= 0.6 is 28.3 Å². The molecule has 7 heteroatoms. The Labute approximate surface area is 137 Å². The van der Waals surface area contributed by atoms with Crippen LogP contribution in [0.4, 0.5) is 8.78 Å². The van der Waals surface area contributed by atoms with E-state index in [0.29, 0.717) is 13.0 Å². The summed E-state index contributed by atoms with van der Waals surface area (Å²) in [5.74, 6) is -3.04. The van der Waals surface area contributed by atoms with Gasteiger partial charge in [-0.05, 0) is 24.1 Å². The number of amides is 1. The molecule has 21 heavy (non-hydrogen) atoms. The predicted octanol–water partition coefficient (Wildman–Crippen LogP) is 2.87. The van der Waals surface area contributed by atoms with Gasteiger partial charge in [-0.3, -0.25) is 10.1 Å². The van der Waals surface area contributed by atoms with Crippen LogP contribution in [-0.2, 0) is 11.2 Å². The maximum Gasteiger partial charge on any atom is 0.262 e. The van der Waals surface area contributed by atoms with E-state index in [1.807, 2.05) is 24.3 Å². The molecule has 0 saturated carbocycles. The van der Waals surface area contributed by atoms with Gasteiger partial charge in [0.05, 0.1) is 12.6 Å². The molecule has 1 heterocycles. The van der Waals surface area contributed by atoms with Crippen molar-refractivity contribution in [3.8, 4) is 0 Å². The SMILES string of the molecule is CN(CCc1ccc(Br)cc1)C(=O)C1CC(F)(F)CN1.Cl. The van der Waals surface area contributed by atoms with E-state index in [9.17, 15) is 13.6 Å². The molecule has 1 atom stereocenters. The molecule has 1 aromatic carbocycles. The first-order valence-corrected chi connectivity index (χ1v) is 7.27. The van der Waals surface area contributed by atoms with Crippen molar-refractivity contribution in [2.45, 2.75) is 24.8 Å². The zero-order chi connectivity index (χ0) is 14.8. The third kappa shape index (κ3) is 5.20. The Morgan fingerprint density at radius 3 is 2.57 bits per heavy atom. The summed E-state index contributed by atoms with van der Waals surface area (Å²) < 4.78 is 27.1. The quantitative estimate of drug-likeness (QED) is 0.867. The van der Waals surface area contributed by atoms with E-state index in [0.717, 1.165) is 10.0 Å². The van der Waals surface area contributed by atoms with Gasteiger partial charge in [-0.1, -0.05) is 28.1 Å². The smallest absolute Gasteiger partial charge is 0.262 e. The number of benzene rings is 1. The first-order valence-electron chi connectivity index (χ1n) is 6.48. The van der Waals surface area contributed by atoms with Gasteiger partial charge < -0.3 is 4.90 Å². The topological polar surface area (TPSA) is 32.3 Å². The van der Waals surface area contributed by atoms with Gasteiger partial charge in [-0.25, -0.2) is 8.78 Å². The van der Waals surface area contributed by atoms with Crippen LogP contribution in [0.25, 0.3) is 0 Å². The maximum atomic E-state index is 13.1. The number of hydrogen-bond acceptors (Lipinski definition) is 2. The molecule has 1 fully saturated rings. The van der Waals surface area contributed by atoms with Gasteiger partial charge in [0.1, 0.15) is 0 Å². The first kappa shape index (κ1) is 18.3. The Bertz CT molecular complexity index is 484. The van der Waals surface area contributed by atoms with Crippen molar-refractivity contribution in [3.63, 3.8) is 0 Å². The third-order valence-corrected chi connectivity index (χ3v) is 3.96. The van der Waals surface area contributed by atoms with Gasteiger partial charge in [0, 0.05) is 24.5 Å². The lowest BCUT2D eigenvalue weighted by Crippen LogP contribution is -2.42. The molecule has 0 radical (unpaired) electrons. The van der Waals surface area contributed by atoms with E-state index in [-0.39, 0.29) is 18.3 Å². The molecular formula is C14H18BrClF2N2O. The number of likely N-dealkylation sites (N-methyl/N-ethyl adjacent to an activating group) is 1. The molecule has 1 aromatic rings. The summed E-state index contributed by atoms with van der Waals surface area (Å²) >= 11 is 3.36. The van der Waals surface area contributed by atoms with E-state index in [1.165, 1.54) is 4.90 Å². The Hall–Kier alpha value is -0.720. The highest BCUT2D eigenvalue weighted by molar-refractivity contribution is 9.10. The molecule has 0 bridgehead atoms. The Morgan fingerprint density at radius 2 is 2.05 bits per heavy atom. The lowest BCUT2D eigenvalue weighted by atomic mass is 10.1. The molecule has 118 valence electrons. The average molecular weight is 384 g/mol. The van der Waals surface area contributed by atoms with Crippen LogP contribution in [0.15, 0.2) is 28.7 Å². The lowest BCUT2D eigenvalue weighted by Gasteiger charge is -2.21. The summed E-state index contributed by atoms with van der Waals surface area (Å²) in [6.07, 6.45) is 0.299. The van der Waals surface area contributed by atoms with E-state index in [4.69, 9.17) is 0 Å². The number of carbonyl (C=O) groups excluding carboxylic acids is 1. The molecule has 0 aliphatic carbocycles. The van der Waals surface area contributed by atoms with Gasteiger partial charge in [0.25, 0.3) is 5.92 Å². The van der Waals surface area contributed by atoms with Crippen LogP contribution in [-0.4, -0.2) is 42.9 Å². The molecule has 1 saturated heterocycles. The highest BCUT2D eigenvalue weighted by Gasteiger charge is 2.42. The number of alkyl halides is 2. The Kier molecular flexibility index (Phi) is 6.56. The summed E-state index contributed by atoms with van der Waals surface area (Å²) in [5, 5.41) is 2.59. The summed E-state index contributed by atoms with van der Waals surface area (Å²) in [5.41, 5.74) is 1.11. The van der Waals surface area contributed by atoms with Gasteiger partial charge >= 0.3 is 0 Å². The molecule has 1 N–H and O–H groups in total. The van der Waals surface area contributed by atoms with Crippen molar-refractivity contribution in [1.29, 1.82) is 0 Å². The fraction of sp³-hybridized carbons (Fsp3) is 0.500. The van der Waals surface area contributed by atoms with E-state index in [2.05, 4.69) is 21.2 Å². The minimum absolute atomic E-state index is 0. The predicted molar refractivity (Wildman–Crippen MR) is 84.1 cm³/mol. The van der Waals surface area contributed by atoms with Gasteiger partial charge in [-0.2, -0.15) is 0 Å². The second-order valence-electron chi connectivity index (χ2n) is 5.13. The number of nitrogens with one attached hydrogen (secondary N) is 1. The second-order valence-corrected chi connectivity index (χ2v) is 6.05. The summed E-state index contributed by atoms with van der Waals surface area (Å²) in [7, 11) is 1.65. The monoisotopic (exact) mass is 382 g/mol. The summed E-state index contributed by atoms with van der Waals surface area (Å²) in [6.45, 7) is 0.105. The molecule has 1 amide bonds. The normalized spacial score (nSPS) is 19.9. The van der Waals surface area contributed by atoms with Crippen LogP contribution < -0.4 is 5.32 Å². The number of hydrogen-bond donors (Lipinski definition) is 1. The molecule has 1 aliphatic rings. The highest BCUT2D eigenvalue weighted by Crippen LogP contribution is 2.25. The van der Waals surface area contributed by atoms with Crippen LogP contribution in [0.3, 0.4) is 0 Å². The fourth-order valence-corrected chi connectivity index (χ4v) is 2.48. The standard InChI is InChI=1S/C14H17BrF2N2O.ClH/c1-19(7-6-10-2-4-11(15)5-3-10)13(20)12-8-14(16,17)9-18-12;/h2-5,12,18H,6-9H2,1H3;1H. The van der Waals surface area contributed by atoms with Gasteiger partial charge in [0.2, 0.25) is 5.91 Å². The van der Waals surface area contributed by atoms with E-state index < -0.39 is 24.9 Å². The second kappa shape index (κ2) is 7.51. The highest BCUT2D eigenvalue weighted by atomic mass is 79.9. The van der Waals surface area contributed by atoms with Crippen molar-refractivity contribution in [2.75, 3.05) is 20.1 Å². The zero-order valence-electron chi connectivity index (χ0n) is 11.6. The molecule has 1 unspecified atom stereocenters. The van der Waals surface area contributed by atoms with Crippen LogP contribution in [0.1, 0.15) is 12.0 Å². The summed E-state index contributed by atoms with van der Waals surface area (Å²) in [4.78, 5) is 13.5. The molecular weight excluding hydrogens is 366 g/mol. The molecule has 2 rings (SSSR count). The van der Waals surface area contributed by atoms with Crippen LogP contribution in [0.5, 0.6) is 0 Å². The van der Waals surface area contributed by atoms with Crippen molar-refractivity contribution in [3.05, 3.63) is 34.3 Å². The number of carbonyl (C=O) groups is 1. The van der Waals surface area contributed by atoms with Crippen molar-refractivity contribution in [1.82, 2.24) is 10.2 Å².